The average molecular weight is 469 g/mol. The minimum absolute atomic E-state index is 0.108. The lowest BCUT2D eigenvalue weighted by Crippen LogP contribution is -2.46. The van der Waals surface area contributed by atoms with Crippen LogP contribution >= 0.6 is 0 Å². The Bertz CT molecular complexity index is 975. The Hall–Kier alpha value is -3.36. The van der Waals surface area contributed by atoms with Gasteiger partial charge in [-0.05, 0) is 48.3 Å². The summed E-state index contributed by atoms with van der Waals surface area (Å²) in [6.07, 6.45) is 7.75. The van der Waals surface area contributed by atoms with Gasteiger partial charge in [0, 0.05) is 38.7 Å². The first-order valence-corrected chi connectivity index (χ1v) is 11.8. The molecule has 1 aromatic carbocycles. The number of imide groups is 1. The van der Waals surface area contributed by atoms with Crippen molar-refractivity contribution in [2.45, 2.75) is 46.0 Å². The van der Waals surface area contributed by atoms with E-state index >= 15 is 0 Å². The first kappa shape index (κ1) is 23.8. The predicted molar refractivity (Wildman–Crippen MR) is 124 cm³/mol. The molecule has 2 aliphatic heterocycles. The van der Waals surface area contributed by atoms with Crippen LogP contribution in [0.4, 0.5) is 4.79 Å². The van der Waals surface area contributed by atoms with Gasteiger partial charge >= 0.3 is 6.09 Å². The molecule has 1 aromatic heterocycles. The second-order valence-corrected chi connectivity index (χ2v) is 9.87. The molecule has 0 bridgehead atoms. The lowest BCUT2D eigenvalue weighted by atomic mass is 9.81. The molecule has 0 atom stereocenters. The highest BCUT2D eigenvalue weighted by molar-refractivity contribution is 5.98. The predicted octanol–water partition coefficient (Wildman–Crippen LogP) is 2.94. The van der Waals surface area contributed by atoms with Crippen LogP contribution in [0.15, 0.2) is 43.0 Å². The van der Waals surface area contributed by atoms with Gasteiger partial charge < -0.3 is 14.5 Å². The van der Waals surface area contributed by atoms with Gasteiger partial charge in [0.1, 0.15) is 18.7 Å². The molecule has 9 heteroatoms. The number of hydrogen-bond donors (Lipinski definition) is 0. The van der Waals surface area contributed by atoms with Gasteiger partial charge in [0.2, 0.25) is 11.8 Å². The number of rotatable bonds is 7. The van der Waals surface area contributed by atoms with Crippen molar-refractivity contribution in [3.05, 3.63) is 48.5 Å². The number of hydrogen-bond acceptors (Lipinski definition) is 6. The van der Waals surface area contributed by atoms with Gasteiger partial charge in [0.05, 0.1) is 6.20 Å². The summed E-state index contributed by atoms with van der Waals surface area (Å²) in [6.45, 7) is 6.10. The average Bonchev–Trinajstić information content (AvgIpc) is 3.31. The number of nitrogens with zero attached hydrogens (tertiary/aromatic N) is 4. The lowest BCUT2D eigenvalue weighted by molar-refractivity contribution is -0.152. The zero-order valence-corrected chi connectivity index (χ0v) is 19.8. The SMILES string of the molecule is CC1(C)CC(=O)N(CCc2ccc(OC(=O)N3CCC(COn4ccnc4)CC3)cc2)C(=O)C1. The van der Waals surface area contributed by atoms with E-state index in [1.807, 2.05) is 26.0 Å². The van der Waals surface area contributed by atoms with Crippen LogP contribution in [0.1, 0.15) is 45.1 Å². The summed E-state index contributed by atoms with van der Waals surface area (Å²) < 4.78 is 7.13. The van der Waals surface area contributed by atoms with E-state index in [1.165, 1.54) is 4.90 Å². The molecule has 0 N–H and O–H groups in total. The fourth-order valence-electron chi connectivity index (χ4n) is 4.39. The van der Waals surface area contributed by atoms with Gasteiger partial charge in [0.25, 0.3) is 0 Å². The quantitative estimate of drug-likeness (QED) is 0.580. The molecule has 0 radical (unpaired) electrons. The summed E-state index contributed by atoms with van der Waals surface area (Å²) in [5.41, 5.74) is 0.712. The molecular formula is C25H32N4O5. The van der Waals surface area contributed by atoms with Gasteiger partial charge in [-0.2, -0.15) is 4.73 Å². The number of piperidine rings is 2. The van der Waals surface area contributed by atoms with Crippen LogP contribution in [-0.2, 0) is 16.0 Å². The van der Waals surface area contributed by atoms with E-state index in [4.69, 9.17) is 9.57 Å². The summed E-state index contributed by atoms with van der Waals surface area (Å²) in [7, 11) is 0. The number of aromatic nitrogens is 2. The molecule has 0 spiro atoms. The molecule has 182 valence electrons. The van der Waals surface area contributed by atoms with Gasteiger partial charge in [0.15, 0.2) is 0 Å². The van der Waals surface area contributed by atoms with Crippen molar-refractivity contribution in [1.82, 2.24) is 19.5 Å². The third-order valence-corrected chi connectivity index (χ3v) is 6.43. The molecule has 0 aliphatic carbocycles. The maximum atomic E-state index is 12.5. The van der Waals surface area contributed by atoms with Crippen LogP contribution in [0.5, 0.6) is 5.75 Å². The minimum atomic E-state index is -0.353. The van der Waals surface area contributed by atoms with Crippen LogP contribution in [0, 0.1) is 11.3 Å². The second kappa shape index (κ2) is 10.3. The minimum Gasteiger partial charge on any atom is -0.413 e. The van der Waals surface area contributed by atoms with Gasteiger partial charge in [-0.25, -0.2) is 9.78 Å². The van der Waals surface area contributed by atoms with E-state index < -0.39 is 0 Å². The Labute approximate surface area is 199 Å². The Kier molecular flexibility index (Phi) is 7.19. The van der Waals surface area contributed by atoms with Crippen molar-refractivity contribution in [2.75, 3.05) is 26.2 Å². The zero-order valence-electron chi connectivity index (χ0n) is 19.8. The van der Waals surface area contributed by atoms with E-state index in [2.05, 4.69) is 4.98 Å². The number of carbonyl (C=O) groups excluding carboxylic acids is 3. The molecule has 3 heterocycles. The largest absolute Gasteiger partial charge is 0.415 e. The summed E-state index contributed by atoms with van der Waals surface area (Å²) in [5, 5.41) is 0. The van der Waals surface area contributed by atoms with Crippen LogP contribution in [0.2, 0.25) is 0 Å². The fraction of sp³-hybridized carbons (Fsp3) is 0.520. The highest BCUT2D eigenvalue weighted by Gasteiger charge is 2.37. The highest BCUT2D eigenvalue weighted by Crippen LogP contribution is 2.31. The molecule has 2 aromatic rings. The molecule has 34 heavy (non-hydrogen) atoms. The smallest absolute Gasteiger partial charge is 0.413 e. The molecule has 0 saturated carbocycles. The van der Waals surface area contributed by atoms with Crippen LogP contribution in [0.3, 0.4) is 0 Å². The Morgan fingerprint density at radius 3 is 2.38 bits per heavy atom. The number of imidazole rings is 1. The zero-order chi connectivity index (χ0) is 24.1. The number of benzene rings is 1. The third-order valence-electron chi connectivity index (χ3n) is 6.43. The summed E-state index contributed by atoms with van der Waals surface area (Å²) in [5.74, 6) is 0.648. The van der Waals surface area contributed by atoms with Crippen molar-refractivity contribution >= 4 is 17.9 Å². The van der Waals surface area contributed by atoms with E-state index in [-0.39, 0.29) is 23.3 Å². The van der Waals surface area contributed by atoms with Crippen molar-refractivity contribution in [3.63, 3.8) is 0 Å². The van der Waals surface area contributed by atoms with Crippen molar-refractivity contribution in [3.8, 4) is 5.75 Å². The monoisotopic (exact) mass is 468 g/mol. The molecule has 2 fully saturated rings. The van der Waals surface area contributed by atoms with E-state index in [9.17, 15) is 14.4 Å². The summed E-state index contributed by atoms with van der Waals surface area (Å²) in [6, 6.07) is 7.24. The van der Waals surface area contributed by atoms with E-state index in [0.29, 0.717) is 57.2 Å². The van der Waals surface area contributed by atoms with E-state index in [1.54, 1.807) is 40.5 Å². The molecule has 4 rings (SSSR count). The van der Waals surface area contributed by atoms with Gasteiger partial charge in [-0.1, -0.05) is 26.0 Å². The Morgan fingerprint density at radius 1 is 1.09 bits per heavy atom. The van der Waals surface area contributed by atoms with Crippen LogP contribution in [-0.4, -0.2) is 63.7 Å². The first-order valence-electron chi connectivity index (χ1n) is 11.8. The van der Waals surface area contributed by atoms with Crippen LogP contribution in [0.25, 0.3) is 0 Å². The van der Waals surface area contributed by atoms with Crippen LogP contribution < -0.4 is 9.57 Å². The number of carbonyl (C=O) groups is 3. The van der Waals surface area contributed by atoms with Gasteiger partial charge in [-0.15, -0.1) is 0 Å². The second-order valence-electron chi connectivity index (χ2n) is 9.87. The topological polar surface area (TPSA) is 94.0 Å². The summed E-state index contributed by atoms with van der Waals surface area (Å²) >= 11 is 0. The highest BCUT2D eigenvalue weighted by atomic mass is 16.7. The Morgan fingerprint density at radius 2 is 1.76 bits per heavy atom. The molecule has 3 amide bonds. The Balaban J connectivity index is 1.20. The van der Waals surface area contributed by atoms with Gasteiger partial charge in [-0.3, -0.25) is 14.5 Å². The normalized spacial score (nSPS) is 18.8. The fourth-order valence-corrected chi connectivity index (χ4v) is 4.39. The lowest BCUT2D eigenvalue weighted by Gasteiger charge is -2.34. The third kappa shape index (κ3) is 6.15. The molecular weight excluding hydrogens is 436 g/mol. The number of amides is 3. The molecule has 0 unspecified atom stereocenters. The number of likely N-dealkylation sites (tertiary alicyclic amines) is 2. The number of ether oxygens (including phenoxy) is 1. The maximum Gasteiger partial charge on any atom is 0.415 e. The van der Waals surface area contributed by atoms with Crippen molar-refractivity contribution in [2.24, 2.45) is 11.3 Å². The maximum absolute atomic E-state index is 12.5. The molecule has 9 nitrogen and oxygen atoms in total. The molecule has 2 aliphatic rings. The first-order chi connectivity index (χ1) is 16.3. The van der Waals surface area contributed by atoms with E-state index in [0.717, 1.165) is 18.4 Å². The molecule has 2 saturated heterocycles. The summed E-state index contributed by atoms with van der Waals surface area (Å²) in [4.78, 5) is 49.8. The standard InChI is InChI=1S/C25H32N4O5/c1-25(2)15-22(30)29(23(31)16-25)13-9-19-3-5-21(6-4-19)34-24(32)27-11-7-20(8-12-27)17-33-28-14-10-26-18-28/h3-6,10,14,18,20H,7-9,11-13,15-17H2,1-2H3. The van der Waals surface area contributed by atoms with Crippen molar-refractivity contribution < 1.29 is 24.0 Å². The van der Waals surface area contributed by atoms with Crippen molar-refractivity contribution in [1.29, 1.82) is 0 Å².